The summed E-state index contributed by atoms with van der Waals surface area (Å²) in [6.07, 6.45) is 0. The SMILES string of the molecule is Cc1nnc([C@H]2COCCN2C(=O)[C@H](C)N(C)Cc2ccccc2)o1. The van der Waals surface area contributed by atoms with Crippen LogP contribution in [0.5, 0.6) is 0 Å². The molecular formula is C18H24N4O3. The lowest BCUT2D eigenvalue weighted by atomic mass is 10.1. The Kier molecular flexibility index (Phi) is 5.45. The number of benzene rings is 1. The van der Waals surface area contributed by atoms with Gasteiger partial charge in [-0.05, 0) is 19.5 Å². The van der Waals surface area contributed by atoms with E-state index >= 15 is 0 Å². The number of carbonyl (C=O) groups excluding carboxylic acids is 1. The molecule has 1 aliphatic rings. The number of morpholine rings is 1. The second-order valence-corrected chi connectivity index (χ2v) is 6.36. The Balaban J connectivity index is 1.70. The number of aromatic nitrogens is 2. The summed E-state index contributed by atoms with van der Waals surface area (Å²) in [6, 6.07) is 9.54. The highest BCUT2D eigenvalue weighted by Gasteiger charge is 2.35. The molecule has 1 fully saturated rings. The maximum absolute atomic E-state index is 13.1. The van der Waals surface area contributed by atoms with Gasteiger partial charge in [0.2, 0.25) is 17.7 Å². The van der Waals surface area contributed by atoms with Gasteiger partial charge in [0.05, 0.1) is 19.3 Å². The van der Waals surface area contributed by atoms with Crippen LogP contribution in [0.4, 0.5) is 0 Å². The van der Waals surface area contributed by atoms with Crippen molar-refractivity contribution in [3.8, 4) is 0 Å². The van der Waals surface area contributed by atoms with Crippen LogP contribution in [0.15, 0.2) is 34.7 Å². The van der Waals surface area contributed by atoms with Crippen LogP contribution in [-0.2, 0) is 16.1 Å². The molecule has 1 aromatic heterocycles. The van der Waals surface area contributed by atoms with Crippen molar-refractivity contribution >= 4 is 5.91 Å². The smallest absolute Gasteiger partial charge is 0.241 e. The number of amides is 1. The van der Waals surface area contributed by atoms with Gasteiger partial charge in [0, 0.05) is 20.0 Å². The zero-order valence-corrected chi connectivity index (χ0v) is 14.9. The molecule has 134 valence electrons. The van der Waals surface area contributed by atoms with E-state index in [0.29, 0.717) is 38.1 Å². The Morgan fingerprint density at radius 1 is 1.36 bits per heavy atom. The van der Waals surface area contributed by atoms with Crippen molar-refractivity contribution in [2.24, 2.45) is 0 Å². The van der Waals surface area contributed by atoms with Gasteiger partial charge in [0.25, 0.3) is 0 Å². The van der Waals surface area contributed by atoms with E-state index in [0.717, 1.165) is 0 Å². The molecule has 1 saturated heterocycles. The van der Waals surface area contributed by atoms with E-state index < -0.39 is 0 Å². The molecule has 2 aromatic rings. The molecule has 0 N–H and O–H groups in total. The fourth-order valence-corrected chi connectivity index (χ4v) is 2.96. The minimum atomic E-state index is -0.324. The van der Waals surface area contributed by atoms with Crippen molar-refractivity contribution in [1.29, 1.82) is 0 Å². The molecule has 0 aliphatic carbocycles. The average Bonchev–Trinajstić information content (AvgIpc) is 3.07. The van der Waals surface area contributed by atoms with Gasteiger partial charge in [-0.3, -0.25) is 9.69 Å². The number of ether oxygens (including phenoxy) is 1. The summed E-state index contributed by atoms with van der Waals surface area (Å²) >= 11 is 0. The molecule has 7 nitrogen and oxygen atoms in total. The Morgan fingerprint density at radius 2 is 2.12 bits per heavy atom. The number of hydrogen-bond donors (Lipinski definition) is 0. The molecule has 0 radical (unpaired) electrons. The maximum Gasteiger partial charge on any atom is 0.241 e. The highest BCUT2D eigenvalue weighted by Crippen LogP contribution is 2.24. The van der Waals surface area contributed by atoms with E-state index in [4.69, 9.17) is 9.15 Å². The predicted octanol–water partition coefficient (Wildman–Crippen LogP) is 1.80. The normalized spacial score (nSPS) is 19.2. The summed E-state index contributed by atoms with van der Waals surface area (Å²) in [4.78, 5) is 16.9. The molecule has 25 heavy (non-hydrogen) atoms. The summed E-state index contributed by atoms with van der Waals surface area (Å²) in [6.45, 7) is 5.79. The van der Waals surface area contributed by atoms with Crippen LogP contribution < -0.4 is 0 Å². The third kappa shape index (κ3) is 4.05. The summed E-state index contributed by atoms with van der Waals surface area (Å²) in [7, 11) is 1.96. The van der Waals surface area contributed by atoms with E-state index in [1.54, 1.807) is 11.8 Å². The first-order valence-corrected chi connectivity index (χ1v) is 8.48. The van der Waals surface area contributed by atoms with Crippen LogP contribution in [-0.4, -0.2) is 58.8 Å². The van der Waals surface area contributed by atoms with Crippen LogP contribution >= 0.6 is 0 Å². The molecule has 0 bridgehead atoms. The zero-order valence-electron chi connectivity index (χ0n) is 14.9. The summed E-state index contributed by atoms with van der Waals surface area (Å²) < 4.78 is 11.1. The van der Waals surface area contributed by atoms with Crippen LogP contribution in [0, 0.1) is 6.92 Å². The average molecular weight is 344 g/mol. The minimum Gasteiger partial charge on any atom is -0.423 e. The first kappa shape index (κ1) is 17.6. The molecule has 2 heterocycles. The quantitative estimate of drug-likeness (QED) is 0.824. The molecule has 3 rings (SSSR count). The molecule has 1 aliphatic heterocycles. The van der Waals surface area contributed by atoms with E-state index in [1.165, 1.54) is 5.56 Å². The minimum absolute atomic E-state index is 0.0441. The Hall–Kier alpha value is -2.25. The molecule has 0 saturated carbocycles. The highest BCUT2D eigenvalue weighted by atomic mass is 16.5. The fraction of sp³-hybridized carbons (Fsp3) is 0.500. The summed E-state index contributed by atoms with van der Waals surface area (Å²) in [5, 5.41) is 7.94. The van der Waals surface area contributed by atoms with Crippen molar-refractivity contribution in [1.82, 2.24) is 20.0 Å². The topological polar surface area (TPSA) is 71.7 Å². The van der Waals surface area contributed by atoms with Crippen molar-refractivity contribution < 1.29 is 13.9 Å². The standard InChI is InChI=1S/C18H24N4O3/c1-13(21(3)11-15-7-5-4-6-8-15)18(23)22-9-10-24-12-16(22)17-20-19-14(2)25-17/h4-8,13,16H,9-12H2,1-3H3/t13-,16+/m0/s1. The molecule has 7 heteroatoms. The van der Waals surface area contributed by atoms with E-state index in [9.17, 15) is 4.79 Å². The monoisotopic (exact) mass is 344 g/mol. The molecule has 1 amide bonds. The van der Waals surface area contributed by atoms with Gasteiger partial charge < -0.3 is 14.1 Å². The number of aryl methyl sites for hydroxylation is 1. The number of likely N-dealkylation sites (N-methyl/N-ethyl adjacent to an activating group) is 1. The maximum atomic E-state index is 13.1. The highest BCUT2D eigenvalue weighted by molar-refractivity contribution is 5.82. The van der Waals surface area contributed by atoms with Gasteiger partial charge in [-0.15, -0.1) is 10.2 Å². The van der Waals surface area contributed by atoms with Crippen molar-refractivity contribution in [2.45, 2.75) is 32.5 Å². The molecule has 2 atom stereocenters. The molecule has 1 aromatic carbocycles. The van der Waals surface area contributed by atoms with E-state index in [2.05, 4.69) is 22.3 Å². The Bertz CT molecular complexity index is 703. The van der Waals surface area contributed by atoms with Gasteiger partial charge in [0.15, 0.2) is 0 Å². The van der Waals surface area contributed by atoms with Crippen LogP contribution in [0.3, 0.4) is 0 Å². The Labute approximate surface area is 147 Å². The van der Waals surface area contributed by atoms with Crippen LogP contribution in [0.1, 0.15) is 30.3 Å². The van der Waals surface area contributed by atoms with Gasteiger partial charge in [-0.1, -0.05) is 30.3 Å². The second-order valence-electron chi connectivity index (χ2n) is 6.36. The number of rotatable bonds is 5. The van der Waals surface area contributed by atoms with E-state index in [1.807, 2.05) is 37.1 Å². The molecule has 0 spiro atoms. The first-order valence-electron chi connectivity index (χ1n) is 8.48. The number of nitrogens with zero attached hydrogens (tertiary/aromatic N) is 4. The van der Waals surface area contributed by atoms with Crippen molar-refractivity contribution in [3.05, 3.63) is 47.7 Å². The Morgan fingerprint density at radius 3 is 2.80 bits per heavy atom. The lowest BCUT2D eigenvalue weighted by Gasteiger charge is -2.37. The third-order valence-corrected chi connectivity index (χ3v) is 4.53. The lowest BCUT2D eigenvalue weighted by molar-refractivity contribution is -0.146. The van der Waals surface area contributed by atoms with Gasteiger partial charge >= 0.3 is 0 Å². The van der Waals surface area contributed by atoms with Gasteiger partial charge in [-0.2, -0.15) is 0 Å². The number of hydrogen-bond acceptors (Lipinski definition) is 6. The zero-order chi connectivity index (χ0) is 17.8. The van der Waals surface area contributed by atoms with Crippen LogP contribution in [0.2, 0.25) is 0 Å². The molecular weight excluding hydrogens is 320 g/mol. The molecule has 0 unspecified atom stereocenters. The van der Waals surface area contributed by atoms with Crippen molar-refractivity contribution in [3.63, 3.8) is 0 Å². The van der Waals surface area contributed by atoms with Crippen molar-refractivity contribution in [2.75, 3.05) is 26.8 Å². The third-order valence-electron chi connectivity index (χ3n) is 4.53. The predicted molar refractivity (Wildman–Crippen MR) is 91.7 cm³/mol. The second kappa shape index (κ2) is 7.76. The summed E-state index contributed by atoms with van der Waals surface area (Å²) in [5.41, 5.74) is 1.18. The number of carbonyl (C=O) groups is 1. The van der Waals surface area contributed by atoms with Gasteiger partial charge in [0.1, 0.15) is 6.04 Å². The van der Waals surface area contributed by atoms with Crippen LogP contribution in [0.25, 0.3) is 0 Å². The largest absolute Gasteiger partial charge is 0.423 e. The lowest BCUT2D eigenvalue weighted by Crippen LogP contribution is -2.51. The fourth-order valence-electron chi connectivity index (χ4n) is 2.96. The summed E-state index contributed by atoms with van der Waals surface area (Å²) in [5.74, 6) is 0.966. The van der Waals surface area contributed by atoms with Gasteiger partial charge in [-0.25, -0.2) is 0 Å². The van der Waals surface area contributed by atoms with E-state index in [-0.39, 0.29) is 18.0 Å². The first-order chi connectivity index (χ1) is 12.1.